The number of hydrogen-bond acceptors (Lipinski definition) is 2. The summed E-state index contributed by atoms with van der Waals surface area (Å²) in [5.41, 5.74) is 3.30. The maximum atomic E-state index is 12.0. The molecule has 22 heavy (non-hydrogen) atoms. The van der Waals surface area contributed by atoms with E-state index >= 15 is 0 Å². The second kappa shape index (κ2) is 8.23. The van der Waals surface area contributed by atoms with Crippen molar-refractivity contribution in [2.45, 2.75) is 32.6 Å². The third-order valence-corrected chi connectivity index (χ3v) is 3.58. The molecule has 1 N–H and O–H groups in total. The van der Waals surface area contributed by atoms with E-state index in [0.717, 1.165) is 36.3 Å². The summed E-state index contributed by atoms with van der Waals surface area (Å²) in [6.07, 6.45) is 3.41. The first-order valence-electron chi connectivity index (χ1n) is 7.73. The molecule has 0 aliphatic rings. The van der Waals surface area contributed by atoms with Crippen LogP contribution in [0.25, 0.3) is 0 Å². The van der Waals surface area contributed by atoms with E-state index in [2.05, 4.69) is 24.4 Å². The van der Waals surface area contributed by atoms with Crippen LogP contribution in [-0.2, 0) is 17.6 Å². The van der Waals surface area contributed by atoms with Crippen molar-refractivity contribution in [3.8, 4) is 5.75 Å². The van der Waals surface area contributed by atoms with Crippen molar-refractivity contribution in [1.82, 2.24) is 0 Å². The summed E-state index contributed by atoms with van der Waals surface area (Å²) in [6, 6.07) is 15.9. The third-order valence-electron chi connectivity index (χ3n) is 3.58. The minimum Gasteiger partial charge on any atom is -0.497 e. The Bertz CT molecular complexity index is 588. The Labute approximate surface area is 132 Å². The van der Waals surface area contributed by atoms with Crippen LogP contribution >= 0.6 is 0 Å². The molecule has 2 aromatic rings. The number of anilines is 1. The summed E-state index contributed by atoms with van der Waals surface area (Å²) in [5.74, 6) is 0.874. The second-order valence-corrected chi connectivity index (χ2v) is 5.34. The minimum absolute atomic E-state index is 0.0408. The number of rotatable bonds is 7. The van der Waals surface area contributed by atoms with E-state index in [0.29, 0.717) is 6.42 Å². The molecule has 0 saturated carbocycles. The van der Waals surface area contributed by atoms with Gasteiger partial charge >= 0.3 is 0 Å². The van der Waals surface area contributed by atoms with Gasteiger partial charge in [0.2, 0.25) is 5.91 Å². The van der Waals surface area contributed by atoms with Gasteiger partial charge in [-0.1, -0.05) is 37.6 Å². The standard InChI is InChI=1S/C19H23NO2/c1-3-4-15-5-10-17(11-6-15)20-19(21)14-9-16-7-12-18(22-2)13-8-16/h5-8,10-13H,3-4,9,14H2,1-2H3,(H,20,21). The smallest absolute Gasteiger partial charge is 0.224 e. The van der Waals surface area contributed by atoms with E-state index in [1.807, 2.05) is 36.4 Å². The van der Waals surface area contributed by atoms with Gasteiger partial charge in [0.05, 0.1) is 7.11 Å². The molecule has 116 valence electrons. The van der Waals surface area contributed by atoms with Crippen LogP contribution in [0, 0.1) is 0 Å². The molecule has 0 aliphatic heterocycles. The number of methoxy groups -OCH3 is 1. The number of aryl methyl sites for hydroxylation is 2. The van der Waals surface area contributed by atoms with Crippen LogP contribution in [0.2, 0.25) is 0 Å². The van der Waals surface area contributed by atoms with Crippen molar-refractivity contribution in [3.63, 3.8) is 0 Å². The van der Waals surface area contributed by atoms with Crippen molar-refractivity contribution in [2.75, 3.05) is 12.4 Å². The topological polar surface area (TPSA) is 38.3 Å². The Morgan fingerprint density at radius 3 is 2.14 bits per heavy atom. The van der Waals surface area contributed by atoms with Gasteiger partial charge in [-0.25, -0.2) is 0 Å². The van der Waals surface area contributed by atoms with Crippen molar-refractivity contribution in [1.29, 1.82) is 0 Å². The first-order chi connectivity index (χ1) is 10.7. The van der Waals surface area contributed by atoms with Gasteiger partial charge in [0.25, 0.3) is 0 Å². The Balaban J connectivity index is 1.81. The number of benzene rings is 2. The summed E-state index contributed by atoms with van der Waals surface area (Å²) in [7, 11) is 1.65. The Kier molecular flexibility index (Phi) is 6.01. The van der Waals surface area contributed by atoms with Crippen LogP contribution in [0.5, 0.6) is 5.75 Å². The molecule has 0 heterocycles. The minimum atomic E-state index is 0.0408. The molecule has 2 aromatic carbocycles. The molecular formula is C19H23NO2. The van der Waals surface area contributed by atoms with E-state index in [1.165, 1.54) is 5.56 Å². The maximum absolute atomic E-state index is 12.0. The number of carbonyl (C=O) groups is 1. The fourth-order valence-corrected chi connectivity index (χ4v) is 2.32. The van der Waals surface area contributed by atoms with Gasteiger partial charge in [-0.3, -0.25) is 4.79 Å². The lowest BCUT2D eigenvalue weighted by Crippen LogP contribution is -2.12. The molecule has 0 aromatic heterocycles. The second-order valence-electron chi connectivity index (χ2n) is 5.34. The maximum Gasteiger partial charge on any atom is 0.224 e. The van der Waals surface area contributed by atoms with Crippen molar-refractivity contribution < 1.29 is 9.53 Å². The lowest BCUT2D eigenvalue weighted by Gasteiger charge is -2.07. The molecule has 0 bridgehead atoms. The zero-order valence-electron chi connectivity index (χ0n) is 13.3. The van der Waals surface area contributed by atoms with E-state index < -0.39 is 0 Å². The van der Waals surface area contributed by atoms with Crippen LogP contribution in [0.4, 0.5) is 5.69 Å². The normalized spacial score (nSPS) is 10.3. The van der Waals surface area contributed by atoms with Gasteiger partial charge in [-0.15, -0.1) is 0 Å². The highest BCUT2D eigenvalue weighted by atomic mass is 16.5. The highest BCUT2D eigenvalue weighted by molar-refractivity contribution is 5.90. The number of nitrogens with one attached hydrogen (secondary N) is 1. The molecule has 0 aliphatic carbocycles. The zero-order valence-corrected chi connectivity index (χ0v) is 13.3. The molecule has 0 atom stereocenters. The average Bonchev–Trinajstić information content (AvgIpc) is 2.55. The number of carbonyl (C=O) groups excluding carboxylic acids is 1. The fourth-order valence-electron chi connectivity index (χ4n) is 2.32. The van der Waals surface area contributed by atoms with Gasteiger partial charge in [0.1, 0.15) is 5.75 Å². The quantitative estimate of drug-likeness (QED) is 0.831. The Morgan fingerprint density at radius 1 is 0.955 bits per heavy atom. The van der Waals surface area contributed by atoms with Gasteiger partial charge in [0.15, 0.2) is 0 Å². The first-order valence-corrected chi connectivity index (χ1v) is 7.73. The predicted molar refractivity (Wildman–Crippen MR) is 90.4 cm³/mol. The number of hydrogen-bond donors (Lipinski definition) is 1. The lowest BCUT2D eigenvalue weighted by atomic mass is 10.1. The van der Waals surface area contributed by atoms with Gasteiger partial charge in [0, 0.05) is 12.1 Å². The van der Waals surface area contributed by atoms with Crippen LogP contribution in [-0.4, -0.2) is 13.0 Å². The van der Waals surface area contributed by atoms with Gasteiger partial charge in [-0.2, -0.15) is 0 Å². The number of ether oxygens (including phenoxy) is 1. The van der Waals surface area contributed by atoms with Crippen LogP contribution in [0.15, 0.2) is 48.5 Å². The van der Waals surface area contributed by atoms with Crippen molar-refractivity contribution >= 4 is 11.6 Å². The molecule has 0 spiro atoms. The van der Waals surface area contributed by atoms with Crippen LogP contribution in [0.3, 0.4) is 0 Å². The average molecular weight is 297 g/mol. The Hall–Kier alpha value is -2.29. The molecule has 0 unspecified atom stereocenters. The number of amides is 1. The predicted octanol–water partition coefficient (Wildman–Crippen LogP) is 4.22. The first kappa shape index (κ1) is 16.1. The zero-order chi connectivity index (χ0) is 15.8. The highest BCUT2D eigenvalue weighted by Gasteiger charge is 2.04. The molecular weight excluding hydrogens is 274 g/mol. The molecule has 2 rings (SSSR count). The molecule has 3 nitrogen and oxygen atoms in total. The summed E-state index contributed by atoms with van der Waals surface area (Å²) in [5, 5.41) is 2.94. The largest absolute Gasteiger partial charge is 0.497 e. The SMILES string of the molecule is CCCc1ccc(NC(=O)CCc2ccc(OC)cc2)cc1. The van der Waals surface area contributed by atoms with E-state index in [9.17, 15) is 4.79 Å². The summed E-state index contributed by atoms with van der Waals surface area (Å²) < 4.78 is 5.12. The van der Waals surface area contributed by atoms with E-state index in [4.69, 9.17) is 4.74 Å². The Morgan fingerprint density at radius 2 is 1.55 bits per heavy atom. The fraction of sp³-hybridized carbons (Fsp3) is 0.316. The van der Waals surface area contributed by atoms with Crippen LogP contribution in [0.1, 0.15) is 30.9 Å². The summed E-state index contributed by atoms with van der Waals surface area (Å²) >= 11 is 0. The lowest BCUT2D eigenvalue weighted by molar-refractivity contribution is -0.116. The van der Waals surface area contributed by atoms with E-state index in [1.54, 1.807) is 7.11 Å². The van der Waals surface area contributed by atoms with Gasteiger partial charge < -0.3 is 10.1 Å². The van der Waals surface area contributed by atoms with Gasteiger partial charge in [-0.05, 0) is 48.2 Å². The molecule has 3 heteroatoms. The molecule has 0 fully saturated rings. The van der Waals surface area contributed by atoms with Crippen molar-refractivity contribution in [3.05, 3.63) is 59.7 Å². The van der Waals surface area contributed by atoms with Crippen LogP contribution < -0.4 is 10.1 Å². The third kappa shape index (κ3) is 4.92. The molecule has 0 saturated heterocycles. The monoisotopic (exact) mass is 297 g/mol. The summed E-state index contributed by atoms with van der Waals surface area (Å²) in [6.45, 7) is 2.16. The van der Waals surface area contributed by atoms with E-state index in [-0.39, 0.29) is 5.91 Å². The molecule has 0 radical (unpaired) electrons. The van der Waals surface area contributed by atoms with Crippen molar-refractivity contribution in [2.24, 2.45) is 0 Å². The summed E-state index contributed by atoms with van der Waals surface area (Å²) in [4.78, 5) is 12.0. The highest BCUT2D eigenvalue weighted by Crippen LogP contribution is 2.14. The molecule has 1 amide bonds.